The van der Waals surface area contributed by atoms with E-state index in [-0.39, 0.29) is 11.9 Å². The summed E-state index contributed by atoms with van der Waals surface area (Å²) in [6.45, 7) is 11.8. The summed E-state index contributed by atoms with van der Waals surface area (Å²) in [5.74, 6) is -0.301. The molecule has 0 aromatic heterocycles. The molecule has 0 heterocycles. The Bertz CT molecular complexity index is 999. The van der Waals surface area contributed by atoms with Crippen molar-refractivity contribution >= 4 is 21.6 Å². The molecule has 158 valence electrons. The summed E-state index contributed by atoms with van der Waals surface area (Å²) >= 11 is 0. The van der Waals surface area contributed by atoms with Gasteiger partial charge in [0, 0.05) is 0 Å². The number of nitrogens with zero attached hydrogens (tertiary/aromatic N) is 1. The van der Waals surface area contributed by atoms with Gasteiger partial charge in [0.1, 0.15) is 6.04 Å². The number of aryl methyl sites for hydroxylation is 4. The SMILES string of the molecule is CC[C@@H](C(=O)N[C@@H](C)c1cc(C)c(C)cc1C)N(c1cccc(C)c1)S(C)(=O)=O. The molecule has 2 atom stereocenters. The van der Waals surface area contributed by atoms with E-state index < -0.39 is 16.1 Å². The second kappa shape index (κ2) is 8.99. The molecule has 0 aliphatic carbocycles. The van der Waals surface area contributed by atoms with Gasteiger partial charge in [0.15, 0.2) is 0 Å². The smallest absolute Gasteiger partial charge is 0.244 e. The molecule has 0 aliphatic rings. The molecule has 2 aromatic rings. The van der Waals surface area contributed by atoms with E-state index in [0.29, 0.717) is 12.1 Å². The zero-order valence-electron chi connectivity index (χ0n) is 18.4. The molecule has 2 rings (SSSR count). The van der Waals surface area contributed by atoms with Gasteiger partial charge in [-0.2, -0.15) is 0 Å². The van der Waals surface area contributed by atoms with Gasteiger partial charge < -0.3 is 5.32 Å². The summed E-state index contributed by atoms with van der Waals surface area (Å²) in [5.41, 5.74) is 5.95. The highest BCUT2D eigenvalue weighted by Gasteiger charge is 2.32. The van der Waals surface area contributed by atoms with Crippen molar-refractivity contribution in [3.8, 4) is 0 Å². The lowest BCUT2D eigenvalue weighted by Gasteiger charge is -2.31. The predicted octanol–water partition coefficient (Wildman–Crippen LogP) is 4.34. The Morgan fingerprint density at radius 1 is 1.03 bits per heavy atom. The molecule has 0 saturated carbocycles. The lowest BCUT2D eigenvalue weighted by molar-refractivity contribution is -0.122. The normalized spacial score (nSPS) is 13.6. The van der Waals surface area contributed by atoms with Crippen LogP contribution in [-0.4, -0.2) is 26.6 Å². The van der Waals surface area contributed by atoms with Gasteiger partial charge in [-0.15, -0.1) is 0 Å². The van der Waals surface area contributed by atoms with Crippen molar-refractivity contribution in [1.29, 1.82) is 0 Å². The van der Waals surface area contributed by atoms with Crippen molar-refractivity contribution in [3.05, 3.63) is 64.2 Å². The topological polar surface area (TPSA) is 66.5 Å². The Morgan fingerprint density at radius 3 is 2.21 bits per heavy atom. The van der Waals surface area contributed by atoms with Crippen molar-refractivity contribution in [1.82, 2.24) is 5.32 Å². The standard InChI is InChI=1S/C23H32N2O3S/c1-8-22(25(29(7,27)28)20-11-9-10-15(2)12-20)23(26)24-19(6)21-14-17(4)16(3)13-18(21)5/h9-14,19,22H,8H2,1-7H3,(H,24,26)/t19-,22-/m0/s1. The minimum absolute atomic E-state index is 0.227. The van der Waals surface area contributed by atoms with Crippen LogP contribution >= 0.6 is 0 Å². The molecule has 0 saturated heterocycles. The van der Waals surface area contributed by atoms with E-state index in [9.17, 15) is 13.2 Å². The number of hydrogen-bond acceptors (Lipinski definition) is 3. The first kappa shape index (κ1) is 22.9. The average Bonchev–Trinajstić information content (AvgIpc) is 2.61. The van der Waals surface area contributed by atoms with E-state index in [2.05, 4.69) is 24.4 Å². The molecule has 0 fully saturated rings. The first-order chi connectivity index (χ1) is 13.5. The zero-order valence-corrected chi connectivity index (χ0v) is 19.2. The highest BCUT2D eigenvalue weighted by Crippen LogP contribution is 2.25. The minimum Gasteiger partial charge on any atom is -0.348 e. The van der Waals surface area contributed by atoms with E-state index >= 15 is 0 Å². The van der Waals surface area contributed by atoms with E-state index in [4.69, 9.17) is 0 Å². The fourth-order valence-corrected chi connectivity index (χ4v) is 4.87. The molecule has 0 aliphatic heterocycles. The minimum atomic E-state index is -3.64. The second-order valence-electron chi connectivity index (χ2n) is 7.85. The largest absolute Gasteiger partial charge is 0.348 e. The summed E-state index contributed by atoms with van der Waals surface area (Å²) < 4.78 is 26.4. The van der Waals surface area contributed by atoms with Crippen LogP contribution in [0.4, 0.5) is 5.69 Å². The summed E-state index contributed by atoms with van der Waals surface area (Å²) in [6.07, 6.45) is 1.51. The highest BCUT2D eigenvalue weighted by atomic mass is 32.2. The third kappa shape index (κ3) is 5.38. The maximum Gasteiger partial charge on any atom is 0.244 e. The maximum absolute atomic E-state index is 13.2. The fourth-order valence-electron chi connectivity index (χ4n) is 3.66. The number of sulfonamides is 1. The van der Waals surface area contributed by atoms with Crippen LogP contribution in [0.3, 0.4) is 0 Å². The lowest BCUT2D eigenvalue weighted by Crippen LogP contribution is -2.49. The van der Waals surface area contributed by atoms with Crippen molar-refractivity contribution in [2.24, 2.45) is 0 Å². The Morgan fingerprint density at radius 2 is 1.66 bits per heavy atom. The van der Waals surface area contributed by atoms with Crippen molar-refractivity contribution < 1.29 is 13.2 Å². The molecule has 1 N–H and O–H groups in total. The number of amides is 1. The number of anilines is 1. The molecule has 0 radical (unpaired) electrons. The van der Waals surface area contributed by atoms with E-state index in [1.807, 2.05) is 40.7 Å². The number of benzene rings is 2. The van der Waals surface area contributed by atoms with Crippen molar-refractivity contribution in [2.75, 3.05) is 10.6 Å². The van der Waals surface area contributed by atoms with Gasteiger partial charge in [-0.25, -0.2) is 8.42 Å². The fraction of sp³-hybridized carbons (Fsp3) is 0.435. The van der Waals surface area contributed by atoms with Gasteiger partial charge >= 0.3 is 0 Å². The molecular formula is C23H32N2O3S. The molecule has 6 heteroatoms. The molecule has 5 nitrogen and oxygen atoms in total. The molecule has 0 unspecified atom stereocenters. The zero-order chi connectivity index (χ0) is 21.9. The molecule has 2 aromatic carbocycles. The molecular weight excluding hydrogens is 384 g/mol. The van der Waals surface area contributed by atoms with Gasteiger partial charge in [0.25, 0.3) is 0 Å². The number of carbonyl (C=O) groups is 1. The third-order valence-electron chi connectivity index (χ3n) is 5.29. The van der Waals surface area contributed by atoms with Gasteiger partial charge in [0.05, 0.1) is 18.0 Å². The summed E-state index contributed by atoms with van der Waals surface area (Å²) in [4.78, 5) is 13.2. The number of carbonyl (C=O) groups excluding carboxylic acids is 1. The number of hydrogen-bond donors (Lipinski definition) is 1. The van der Waals surface area contributed by atoms with Crippen LogP contribution in [0.15, 0.2) is 36.4 Å². The van der Waals surface area contributed by atoms with E-state index in [1.54, 1.807) is 18.2 Å². The number of nitrogens with one attached hydrogen (secondary N) is 1. The monoisotopic (exact) mass is 416 g/mol. The van der Waals surface area contributed by atoms with E-state index in [0.717, 1.165) is 28.5 Å². The van der Waals surface area contributed by atoms with E-state index in [1.165, 1.54) is 9.87 Å². The third-order valence-corrected chi connectivity index (χ3v) is 6.47. The Hall–Kier alpha value is -2.34. The van der Waals surface area contributed by atoms with Crippen LogP contribution in [0.2, 0.25) is 0 Å². The molecule has 0 bridgehead atoms. The quantitative estimate of drug-likeness (QED) is 0.730. The highest BCUT2D eigenvalue weighted by molar-refractivity contribution is 7.92. The molecule has 0 spiro atoms. The maximum atomic E-state index is 13.2. The Labute approximate surface area is 175 Å². The van der Waals surface area contributed by atoms with Crippen LogP contribution < -0.4 is 9.62 Å². The summed E-state index contributed by atoms with van der Waals surface area (Å²) in [5, 5.41) is 3.03. The van der Waals surface area contributed by atoms with Gasteiger partial charge in [-0.1, -0.05) is 31.2 Å². The summed E-state index contributed by atoms with van der Waals surface area (Å²) in [6, 6.07) is 10.4. The van der Waals surface area contributed by atoms with Crippen LogP contribution in [0.1, 0.15) is 54.1 Å². The summed E-state index contributed by atoms with van der Waals surface area (Å²) in [7, 11) is -3.64. The predicted molar refractivity (Wildman–Crippen MR) is 120 cm³/mol. The molecule has 1 amide bonds. The second-order valence-corrected chi connectivity index (χ2v) is 9.70. The van der Waals surface area contributed by atoms with Gasteiger partial charge in [-0.3, -0.25) is 9.10 Å². The average molecular weight is 417 g/mol. The van der Waals surface area contributed by atoms with Crippen molar-refractivity contribution in [3.63, 3.8) is 0 Å². The first-order valence-corrected chi connectivity index (χ1v) is 11.7. The van der Waals surface area contributed by atoms with Crippen LogP contribution in [-0.2, 0) is 14.8 Å². The Kier molecular flexibility index (Phi) is 7.11. The lowest BCUT2D eigenvalue weighted by atomic mass is 9.96. The first-order valence-electron chi connectivity index (χ1n) is 9.89. The van der Waals surface area contributed by atoms with Crippen LogP contribution in [0.25, 0.3) is 0 Å². The van der Waals surface area contributed by atoms with Gasteiger partial charge in [0.2, 0.25) is 15.9 Å². The number of rotatable bonds is 7. The van der Waals surface area contributed by atoms with Crippen LogP contribution in [0.5, 0.6) is 0 Å². The molecule has 29 heavy (non-hydrogen) atoms. The van der Waals surface area contributed by atoms with Crippen molar-refractivity contribution in [2.45, 2.75) is 60.0 Å². The van der Waals surface area contributed by atoms with Gasteiger partial charge in [-0.05, 0) is 81.0 Å². The Balaban J connectivity index is 2.36. The van der Waals surface area contributed by atoms with Crippen LogP contribution in [0, 0.1) is 27.7 Å².